The number of halogens is 2. The SMILES string of the molecule is COC[C@@H](NC(=O)c1cnccn1)C(=O)N[C@H](CCOc1ccc(Cl)cc1F)B(O)O. The van der Waals surface area contributed by atoms with Crippen molar-refractivity contribution in [3.63, 3.8) is 0 Å². The molecule has 0 fully saturated rings. The monoisotopic (exact) mass is 454 g/mol. The average Bonchev–Trinajstić information content (AvgIpc) is 2.74. The van der Waals surface area contributed by atoms with Crippen LogP contribution in [0.25, 0.3) is 0 Å². The summed E-state index contributed by atoms with van der Waals surface area (Å²) >= 11 is 5.67. The zero-order valence-electron chi connectivity index (χ0n) is 16.5. The fraction of sp³-hybridized carbons (Fsp3) is 0.333. The van der Waals surface area contributed by atoms with Crippen LogP contribution in [0.3, 0.4) is 0 Å². The molecule has 10 nitrogen and oxygen atoms in total. The number of rotatable bonds is 11. The van der Waals surface area contributed by atoms with Crippen LogP contribution in [0.5, 0.6) is 5.75 Å². The number of carbonyl (C=O) groups is 2. The molecule has 2 atom stereocenters. The topological polar surface area (TPSA) is 143 Å². The van der Waals surface area contributed by atoms with Crippen molar-refractivity contribution >= 4 is 30.5 Å². The van der Waals surface area contributed by atoms with Crippen molar-refractivity contribution in [1.29, 1.82) is 0 Å². The predicted octanol–water partition coefficient (Wildman–Crippen LogP) is -0.0202. The molecule has 0 unspecified atom stereocenters. The average molecular weight is 455 g/mol. The highest BCUT2D eigenvalue weighted by Crippen LogP contribution is 2.21. The van der Waals surface area contributed by atoms with Gasteiger partial charge < -0.3 is 30.2 Å². The third-order valence-electron chi connectivity index (χ3n) is 4.02. The van der Waals surface area contributed by atoms with Crippen LogP contribution in [0.4, 0.5) is 4.39 Å². The summed E-state index contributed by atoms with van der Waals surface area (Å²) in [5.41, 5.74) is -0.00598. The number of hydrogen-bond donors (Lipinski definition) is 4. The molecule has 0 radical (unpaired) electrons. The van der Waals surface area contributed by atoms with Crippen LogP contribution in [0, 0.1) is 5.82 Å². The Kier molecular flexibility index (Phi) is 9.60. The maximum Gasteiger partial charge on any atom is 0.475 e. The normalized spacial score (nSPS) is 12.5. The molecule has 4 N–H and O–H groups in total. The number of carbonyl (C=O) groups excluding carboxylic acids is 2. The summed E-state index contributed by atoms with van der Waals surface area (Å²) in [4.78, 5) is 32.4. The lowest BCUT2D eigenvalue weighted by Crippen LogP contribution is -2.55. The minimum atomic E-state index is -1.93. The first-order chi connectivity index (χ1) is 14.8. The molecule has 1 aromatic carbocycles. The van der Waals surface area contributed by atoms with Gasteiger partial charge in [0.25, 0.3) is 5.91 Å². The molecule has 2 aromatic rings. The van der Waals surface area contributed by atoms with Crippen molar-refractivity contribution < 1.29 is 33.5 Å². The highest BCUT2D eigenvalue weighted by Gasteiger charge is 2.30. The quantitative estimate of drug-likeness (QED) is 0.347. The van der Waals surface area contributed by atoms with Gasteiger partial charge in [0.2, 0.25) is 5.91 Å². The second-order valence-electron chi connectivity index (χ2n) is 6.31. The number of ether oxygens (including phenoxy) is 2. The van der Waals surface area contributed by atoms with Crippen LogP contribution in [-0.4, -0.2) is 71.3 Å². The van der Waals surface area contributed by atoms with E-state index in [0.717, 1.165) is 6.07 Å². The fourth-order valence-electron chi connectivity index (χ4n) is 2.47. The Labute approximate surface area is 182 Å². The van der Waals surface area contributed by atoms with Gasteiger partial charge in [-0.1, -0.05) is 11.6 Å². The van der Waals surface area contributed by atoms with Crippen LogP contribution in [0.2, 0.25) is 5.02 Å². The van der Waals surface area contributed by atoms with Gasteiger partial charge in [-0.05, 0) is 18.2 Å². The first-order valence-electron chi connectivity index (χ1n) is 9.12. The lowest BCUT2D eigenvalue weighted by molar-refractivity contribution is -0.124. The predicted molar refractivity (Wildman–Crippen MR) is 109 cm³/mol. The van der Waals surface area contributed by atoms with Crippen LogP contribution in [0.1, 0.15) is 16.9 Å². The Bertz CT molecular complexity index is 879. The minimum Gasteiger partial charge on any atom is -0.490 e. The third-order valence-corrected chi connectivity index (χ3v) is 4.25. The summed E-state index contributed by atoms with van der Waals surface area (Å²) < 4.78 is 24.0. The van der Waals surface area contributed by atoms with Crippen LogP contribution < -0.4 is 15.4 Å². The smallest absolute Gasteiger partial charge is 0.475 e. The van der Waals surface area contributed by atoms with E-state index < -0.39 is 36.7 Å². The Balaban J connectivity index is 1.95. The van der Waals surface area contributed by atoms with Crippen molar-refractivity contribution in [2.75, 3.05) is 20.3 Å². The van der Waals surface area contributed by atoms with Crippen LogP contribution >= 0.6 is 11.6 Å². The molecule has 2 amide bonds. The molecule has 1 aromatic heterocycles. The van der Waals surface area contributed by atoms with E-state index in [9.17, 15) is 24.0 Å². The van der Waals surface area contributed by atoms with Crippen molar-refractivity contribution in [3.05, 3.63) is 53.3 Å². The van der Waals surface area contributed by atoms with Crippen molar-refractivity contribution in [2.24, 2.45) is 0 Å². The maximum absolute atomic E-state index is 13.8. The van der Waals surface area contributed by atoms with Gasteiger partial charge in [0.15, 0.2) is 11.6 Å². The molecule has 0 saturated heterocycles. The molecule has 166 valence electrons. The number of nitrogens with one attached hydrogen (secondary N) is 2. The summed E-state index contributed by atoms with van der Waals surface area (Å²) in [5.74, 6) is -3.29. The summed E-state index contributed by atoms with van der Waals surface area (Å²) in [5, 5.41) is 24.2. The fourth-order valence-corrected chi connectivity index (χ4v) is 2.62. The molecule has 0 aliphatic rings. The van der Waals surface area contributed by atoms with Gasteiger partial charge in [0.05, 0.1) is 25.4 Å². The van der Waals surface area contributed by atoms with E-state index in [2.05, 4.69) is 20.6 Å². The summed E-state index contributed by atoms with van der Waals surface area (Å²) in [6, 6.07) is 2.70. The Morgan fingerprint density at radius 2 is 2.06 bits per heavy atom. The van der Waals surface area contributed by atoms with Gasteiger partial charge >= 0.3 is 7.12 Å². The zero-order valence-corrected chi connectivity index (χ0v) is 17.3. The van der Waals surface area contributed by atoms with E-state index in [1.54, 1.807) is 0 Å². The molecule has 0 bridgehead atoms. The standard InChI is InChI=1S/C18H21BClFN4O6/c1-30-10-14(24-17(26)13-9-22-5-6-23-13)18(27)25-16(19(28)29)4-7-31-15-3-2-11(20)8-12(15)21/h2-3,5-6,8-9,14,16,28-29H,4,7,10H2,1H3,(H,24,26)(H,25,27)/t14-,16-/m1/s1. The maximum atomic E-state index is 13.8. The molecule has 31 heavy (non-hydrogen) atoms. The Hall–Kier alpha value is -2.80. The highest BCUT2D eigenvalue weighted by atomic mass is 35.5. The number of benzene rings is 1. The summed E-state index contributed by atoms with van der Waals surface area (Å²) in [6.45, 7) is -0.319. The molecule has 0 aliphatic carbocycles. The van der Waals surface area contributed by atoms with Crippen molar-refractivity contribution in [3.8, 4) is 5.75 Å². The second-order valence-corrected chi connectivity index (χ2v) is 6.75. The number of hydrogen-bond acceptors (Lipinski definition) is 8. The van der Waals surface area contributed by atoms with E-state index in [4.69, 9.17) is 21.1 Å². The van der Waals surface area contributed by atoms with Gasteiger partial charge in [-0.2, -0.15) is 0 Å². The van der Waals surface area contributed by atoms with Crippen molar-refractivity contribution in [1.82, 2.24) is 20.6 Å². The van der Waals surface area contributed by atoms with Gasteiger partial charge in [-0.3, -0.25) is 14.6 Å². The Morgan fingerprint density at radius 1 is 1.29 bits per heavy atom. The lowest BCUT2D eigenvalue weighted by Gasteiger charge is -2.22. The van der Waals surface area contributed by atoms with E-state index in [1.165, 1.54) is 37.8 Å². The van der Waals surface area contributed by atoms with Gasteiger partial charge in [-0.25, -0.2) is 9.37 Å². The summed E-state index contributed by atoms with van der Waals surface area (Å²) in [6.07, 6.45) is 3.87. The van der Waals surface area contributed by atoms with Gasteiger partial charge in [0, 0.05) is 30.9 Å². The zero-order chi connectivity index (χ0) is 22.8. The van der Waals surface area contributed by atoms with Gasteiger partial charge in [-0.15, -0.1) is 0 Å². The molecule has 13 heteroatoms. The van der Waals surface area contributed by atoms with E-state index >= 15 is 0 Å². The molecular formula is C18H21BClFN4O6. The number of amides is 2. The summed E-state index contributed by atoms with van der Waals surface area (Å²) in [7, 11) is -0.594. The van der Waals surface area contributed by atoms with E-state index in [0.29, 0.717) is 0 Å². The minimum absolute atomic E-state index is 0.00598. The molecule has 0 saturated carbocycles. The van der Waals surface area contributed by atoms with E-state index in [1.807, 2.05) is 0 Å². The molecular weight excluding hydrogens is 433 g/mol. The first-order valence-corrected chi connectivity index (χ1v) is 9.49. The lowest BCUT2D eigenvalue weighted by atomic mass is 9.77. The molecule has 1 heterocycles. The highest BCUT2D eigenvalue weighted by molar-refractivity contribution is 6.43. The Morgan fingerprint density at radius 3 is 2.68 bits per heavy atom. The first kappa shape index (κ1) is 24.5. The van der Waals surface area contributed by atoms with Crippen LogP contribution in [-0.2, 0) is 9.53 Å². The number of methoxy groups -OCH3 is 1. The van der Waals surface area contributed by atoms with Crippen LogP contribution in [0.15, 0.2) is 36.8 Å². The third kappa shape index (κ3) is 7.76. The number of aromatic nitrogens is 2. The molecule has 2 rings (SSSR count). The number of nitrogens with zero attached hydrogens (tertiary/aromatic N) is 2. The van der Waals surface area contributed by atoms with Crippen molar-refractivity contribution in [2.45, 2.75) is 18.4 Å². The molecule has 0 aliphatic heterocycles. The largest absolute Gasteiger partial charge is 0.490 e. The van der Waals surface area contributed by atoms with Gasteiger partial charge in [0.1, 0.15) is 11.7 Å². The second kappa shape index (κ2) is 12.2. The molecule has 0 spiro atoms. The van der Waals surface area contributed by atoms with E-state index in [-0.39, 0.29) is 36.1 Å².